The third-order valence-corrected chi connectivity index (χ3v) is 7.03. The minimum absolute atomic E-state index is 0.213. The number of allylic oxidation sites excluding steroid dienone is 2. The minimum atomic E-state index is -0.984. The number of nitriles is 1. The summed E-state index contributed by atoms with van der Waals surface area (Å²) in [6.45, 7) is 10.4. The predicted octanol–water partition coefficient (Wildman–Crippen LogP) is 8.24. The highest BCUT2D eigenvalue weighted by atomic mass is 16.5. The number of carbonyl (C=O) groups is 1. The Hall–Kier alpha value is -5.08. The predicted molar refractivity (Wildman–Crippen MR) is 155 cm³/mol. The van der Waals surface area contributed by atoms with Gasteiger partial charge in [0.2, 0.25) is 0 Å². The van der Waals surface area contributed by atoms with Gasteiger partial charge in [-0.05, 0) is 85.0 Å². The van der Waals surface area contributed by atoms with Gasteiger partial charge in [0, 0.05) is 22.4 Å². The van der Waals surface area contributed by atoms with Crippen LogP contribution in [0, 0.1) is 18.3 Å². The molecule has 0 aliphatic carbocycles. The fraction of sp³-hybridized carbons (Fsp3) is 0.118. The average Bonchev–Trinajstić information content (AvgIpc) is 2.95. The first-order valence-electron chi connectivity index (χ1n) is 12.7. The molecule has 0 spiro atoms. The first kappa shape index (κ1) is 25.6. The van der Waals surface area contributed by atoms with Crippen LogP contribution >= 0.6 is 0 Å². The van der Waals surface area contributed by atoms with Crippen molar-refractivity contribution in [3.63, 3.8) is 0 Å². The van der Waals surface area contributed by atoms with Gasteiger partial charge in [-0.3, -0.25) is 0 Å². The van der Waals surface area contributed by atoms with E-state index in [0.717, 1.165) is 44.5 Å². The van der Waals surface area contributed by atoms with Crippen LogP contribution in [-0.4, -0.2) is 11.1 Å². The molecule has 2 N–H and O–H groups in total. The van der Waals surface area contributed by atoms with Gasteiger partial charge in [0.15, 0.2) is 0 Å². The van der Waals surface area contributed by atoms with Crippen molar-refractivity contribution in [1.82, 2.24) is 0 Å². The van der Waals surface area contributed by atoms with Gasteiger partial charge in [0.25, 0.3) is 0 Å². The van der Waals surface area contributed by atoms with Crippen LogP contribution in [0.4, 0.5) is 5.69 Å². The topological polar surface area (TPSA) is 82.3 Å². The molecule has 0 aromatic heterocycles. The Morgan fingerprint density at radius 3 is 2.38 bits per heavy atom. The molecule has 0 bridgehead atoms. The van der Waals surface area contributed by atoms with Crippen LogP contribution in [0.25, 0.3) is 22.5 Å². The van der Waals surface area contributed by atoms with Crippen molar-refractivity contribution < 1.29 is 14.6 Å². The van der Waals surface area contributed by atoms with Gasteiger partial charge in [0.05, 0.1) is 23.2 Å². The lowest BCUT2D eigenvalue weighted by Gasteiger charge is -2.29. The summed E-state index contributed by atoms with van der Waals surface area (Å²) in [4.78, 5) is 11.8. The first-order valence-corrected chi connectivity index (χ1v) is 12.7. The zero-order valence-corrected chi connectivity index (χ0v) is 22.1. The maximum absolute atomic E-state index is 11.8. The zero-order chi connectivity index (χ0) is 27.7. The maximum atomic E-state index is 11.8. The molecule has 0 fully saturated rings. The van der Waals surface area contributed by atoms with E-state index in [4.69, 9.17) is 4.74 Å². The SMILES string of the molecule is C=C1C(C)=C(c2cccc(-c3cccc(C#N)c3)c2)Oc2c1cc(C)cc2C(C)Nc1ccccc1C(=O)O. The summed E-state index contributed by atoms with van der Waals surface area (Å²) in [5, 5.41) is 22.3. The van der Waals surface area contributed by atoms with Crippen LogP contribution in [0.2, 0.25) is 0 Å². The Labute approximate surface area is 228 Å². The summed E-state index contributed by atoms with van der Waals surface area (Å²) in [7, 11) is 0. The Balaban J connectivity index is 1.55. The summed E-state index contributed by atoms with van der Waals surface area (Å²) in [6.07, 6.45) is 0. The second-order valence-corrected chi connectivity index (χ2v) is 9.76. The third-order valence-electron chi connectivity index (χ3n) is 7.03. The molecule has 1 aliphatic heterocycles. The van der Waals surface area contributed by atoms with E-state index in [1.54, 1.807) is 24.3 Å². The number of rotatable bonds is 6. The molecule has 1 heterocycles. The Morgan fingerprint density at radius 2 is 1.64 bits per heavy atom. The molecule has 5 heteroatoms. The van der Waals surface area contributed by atoms with E-state index in [2.05, 4.69) is 36.2 Å². The number of aryl methyl sites for hydroxylation is 1. The van der Waals surface area contributed by atoms with Crippen LogP contribution in [-0.2, 0) is 0 Å². The number of ether oxygens (including phenoxy) is 1. The lowest BCUT2D eigenvalue weighted by Crippen LogP contribution is -2.15. The van der Waals surface area contributed by atoms with Gasteiger partial charge in [-0.2, -0.15) is 5.26 Å². The zero-order valence-electron chi connectivity index (χ0n) is 22.1. The number of fused-ring (bicyclic) bond motifs is 1. The van der Waals surface area contributed by atoms with Crippen LogP contribution in [0.3, 0.4) is 0 Å². The minimum Gasteiger partial charge on any atom is -0.478 e. The first-order chi connectivity index (χ1) is 18.8. The van der Waals surface area contributed by atoms with Crippen molar-refractivity contribution in [3.05, 3.63) is 130 Å². The summed E-state index contributed by atoms with van der Waals surface area (Å²) in [5.74, 6) is 0.437. The van der Waals surface area contributed by atoms with Gasteiger partial charge >= 0.3 is 5.97 Å². The van der Waals surface area contributed by atoms with E-state index in [-0.39, 0.29) is 11.6 Å². The van der Waals surface area contributed by atoms with Crippen LogP contribution < -0.4 is 10.1 Å². The Bertz CT molecular complexity index is 1710. The Morgan fingerprint density at radius 1 is 0.949 bits per heavy atom. The number of carboxylic acids is 1. The number of anilines is 1. The van der Waals surface area contributed by atoms with Crippen molar-refractivity contribution >= 4 is 23.0 Å². The van der Waals surface area contributed by atoms with Crippen molar-refractivity contribution in [3.8, 4) is 22.9 Å². The lowest BCUT2D eigenvalue weighted by molar-refractivity contribution is 0.0698. The van der Waals surface area contributed by atoms with E-state index < -0.39 is 5.97 Å². The summed E-state index contributed by atoms with van der Waals surface area (Å²) in [5.41, 5.74) is 8.92. The highest BCUT2D eigenvalue weighted by molar-refractivity contribution is 5.95. The molecule has 5 nitrogen and oxygen atoms in total. The van der Waals surface area contributed by atoms with Gasteiger partial charge in [-0.15, -0.1) is 0 Å². The number of benzene rings is 4. The molecule has 39 heavy (non-hydrogen) atoms. The van der Waals surface area contributed by atoms with Crippen LogP contribution in [0.1, 0.15) is 58.1 Å². The fourth-order valence-corrected chi connectivity index (χ4v) is 4.97. The Kier molecular flexibility index (Phi) is 6.79. The summed E-state index contributed by atoms with van der Waals surface area (Å²) in [6, 6.07) is 28.6. The summed E-state index contributed by atoms with van der Waals surface area (Å²) < 4.78 is 6.67. The second kappa shape index (κ2) is 10.4. The van der Waals surface area contributed by atoms with Crippen molar-refractivity contribution in [2.24, 2.45) is 0 Å². The molecule has 1 atom stereocenters. The molecule has 0 saturated heterocycles. The third kappa shape index (κ3) is 4.93. The highest BCUT2D eigenvalue weighted by Gasteiger charge is 2.27. The molecule has 4 aromatic rings. The number of carboxylic acid groups (broad SMARTS) is 1. The number of aromatic carboxylic acids is 1. The van der Waals surface area contributed by atoms with E-state index in [1.807, 2.05) is 63.2 Å². The average molecular weight is 513 g/mol. The number of nitrogens with zero attached hydrogens (tertiary/aromatic N) is 1. The largest absolute Gasteiger partial charge is 0.478 e. The normalized spacial score (nSPS) is 13.2. The van der Waals surface area contributed by atoms with Gasteiger partial charge in [0.1, 0.15) is 11.5 Å². The monoisotopic (exact) mass is 512 g/mol. The fourth-order valence-electron chi connectivity index (χ4n) is 4.97. The molecule has 0 saturated carbocycles. The number of nitrogens with one attached hydrogen (secondary N) is 1. The molecule has 192 valence electrons. The van der Waals surface area contributed by atoms with E-state index in [1.165, 1.54) is 0 Å². The van der Waals surface area contributed by atoms with E-state index in [9.17, 15) is 15.2 Å². The smallest absolute Gasteiger partial charge is 0.337 e. The van der Waals surface area contributed by atoms with Crippen molar-refractivity contribution in [1.29, 1.82) is 5.26 Å². The number of hydrogen-bond acceptors (Lipinski definition) is 4. The van der Waals surface area contributed by atoms with Crippen LogP contribution in [0.15, 0.2) is 97.1 Å². The van der Waals surface area contributed by atoms with Gasteiger partial charge < -0.3 is 15.2 Å². The summed E-state index contributed by atoms with van der Waals surface area (Å²) >= 11 is 0. The van der Waals surface area contributed by atoms with Crippen LogP contribution in [0.5, 0.6) is 5.75 Å². The molecule has 1 aliphatic rings. The van der Waals surface area contributed by atoms with E-state index >= 15 is 0 Å². The number of para-hydroxylation sites is 1. The standard InChI is InChI=1S/C34H28N2O3/c1-20-15-29-21(2)22(3)32(27-12-8-11-26(18-27)25-10-7-9-24(17-25)19-35)39-33(29)30(16-20)23(4)36-31-14-6-5-13-28(31)34(37)38/h5-18,23,36H,2H2,1,3-4H3,(H,37,38). The maximum Gasteiger partial charge on any atom is 0.337 e. The molecule has 1 unspecified atom stereocenters. The van der Waals surface area contributed by atoms with Gasteiger partial charge in [-0.25, -0.2) is 4.79 Å². The van der Waals surface area contributed by atoms with E-state index in [0.29, 0.717) is 22.8 Å². The quantitative estimate of drug-likeness (QED) is 0.272. The highest BCUT2D eigenvalue weighted by Crippen LogP contribution is 2.45. The van der Waals surface area contributed by atoms with Crippen molar-refractivity contribution in [2.75, 3.05) is 5.32 Å². The molecular weight excluding hydrogens is 484 g/mol. The van der Waals surface area contributed by atoms with Crippen molar-refractivity contribution in [2.45, 2.75) is 26.8 Å². The number of hydrogen-bond donors (Lipinski definition) is 2. The molecule has 4 aromatic carbocycles. The van der Waals surface area contributed by atoms with Gasteiger partial charge in [-0.1, -0.05) is 55.1 Å². The molecule has 5 rings (SSSR count). The lowest BCUT2D eigenvalue weighted by atomic mass is 9.89. The molecule has 0 radical (unpaired) electrons. The molecule has 0 amide bonds. The molecular formula is C34H28N2O3. The second-order valence-electron chi connectivity index (χ2n) is 9.76.